The summed E-state index contributed by atoms with van der Waals surface area (Å²) in [6.45, 7) is 4.08. The second-order valence-corrected chi connectivity index (χ2v) is 22.4. The standard InChI is InChI=1S/C67H127NO5/c1-3-5-7-9-11-13-15-17-19-21-23-25-27-29-30-31-32-33-34-35-37-39-41-43-45-47-49-51-53-55-57-59-61-65(71)67(73)68-63(62-69)66(72)64(70)60-58-56-54-52-50-48-46-44-42-40-38-36-28-26-24-22-20-18-16-14-12-10-8-6-4-2/h29-30,36,38,44,46,52,54,63-66,69-72H,3-28,31-35,37,39-43,45,47-51,53,55-62H2,1-2H3,(H,68,73)/b30-29-,38-36+,46-44+,54-52+. The molecule has 430 valence electrons. The van der Waals surface area contributed by atoms with Crippen LogP contribution in [0.5, 0.6) is 0 Å². The Morgan fingerprint density at radius 2 is 0.575 bits per heavy atom. The van der Waals surface area contributed by atoms with Gasteiger partial charge in [-0.05, 0) is 89.9 Å². The molecule has 0 heterocycles. The van der Waals surface area contributed by atoms with E-state index in [1.807, 2.05) is 0 Å². The average molecular weight is 1030 g/mol. The topological polar surface area (TPSA) is 110 Å². The smallest absolute Gasteiger partial charge is 0.249 e. The normalized spacial score (nSPS) is 13.9. The molecule has 0 fully saturated rings. The highest BCUT2D eigenvalue weighted by molar-refractivity contribution is 5.80. The molecule has 4 atom stereocenters. The number of hydrogen-bond donors (Lipinski definition) is 5. The monoisotopic (exact) mass is 1030 g/mol. The third kappa shape index (κ3) is 54.9. The lowest BCUT2D eigenvalue weighted by Crippen LogP contribution is -2.53. The van der Waals surface area contributed by atoms with Crippen molar-refractivity contribution in [3.05, 3.63) is 48.6 Å². The molecule has 0 radical (unpaired) electrons. The summed E-state index contributed by atoms with van der Waals surface area (Å²) in [6, 6.07) is -1.01. The number of carbonyl (C=O) groups is 1. The molecule has 0 aromatic carbocycles. The number of unbranched alkanes of at least 4 members (excludes halogenated alkanes) is 43. The summed E-state index contributed by atoms with van der Waals surface area (Å²) in [5, 5.41) is 44.1. The molecule has 0 aromatic rings. The molecule has 0 aliphatic carbocycles. The van der Waals surface area contributed by atoms with Crippen molar-refractivity contribution in [2.75, 3.05) is 6.61 Å². The Hall–Kier alpha value is -1.73. The summed E-state index contributed by atoms with van der Waals surface area (Å²) in [7, 11) is 0. The minimum atomic E-state index is -1.30. The number of aliphatic hydroxyl groups excluding tert-OH is 4. The van der Waals surface area contributed by atoms with Gasteiger partial charge in [0.2, 0.25) is 5.91 Å². The van der Waals surface area contributed by atoms with E-state index < -0.39 is 36.9 Å². The number of nitrogens with one attached hydrogen (secondary N) is 1. The fraction of sp³-hybridized carbons (Fsp3) is 0.866. The van der Waals surface area contributed by atoms with E-state index in [-0.39, 0.29) is 0 Å². The first-order valence-electron chi connectivity index (χ1n) is 32.5. The summed E-state index contributed by atoms with van der Waals surface area (Å²) in [4.78, 5) is 12.6. The van der Waals surface area contributed by atoms with Gasteiger partial charge in [-0.2, -0.15) is 0 Å². The zero-order valence-electron chi connectivity index (χ0n) is 48.9. The van der Waals surface area contributed by atoms with Crippen molar-refractivity contribution >= 4 is 5.91 Å². The Balaban J connectivity index is 3.63. The van der Waals surface area contributed by atoms with Crippen molar-refractivity contribution < 1.29 is 25.2 Å². The maximum atomic E-state index is 12.6. The maximum Gasteiger partial charge on any atom is 0.249 e. The van der Waals surface area contributed by atoms with Crippen LogP contribution < -0.4 is 5.32 Å². The van der Waals surface area contributed by atoms with Gasteiger partial charge in [-0.25, -0.2) is 0 Å². The molecule has 6 nitrogen and oxygen atoms in total. The van der Waals surface area contributed by atoms with Gasteiger partial charge in [-0.1, -0.05) is 300 Å². The number of carbonyl (C=O) groups excluding carboxylic acids is 1. The van der Waals surface area contributed by atoms with E-state index in [4.69, 9.17) is 0 Å². The van der Waals surface area contributed by atoms with Crippen LogP contribution in [0.1, 0.15) is 341 Å². The van der Waals surface area contributed by atoms with E-state index in [1.165, 1.54) is 257 Å². The SMILES string of the molecule is CCCCCCCCCCCCCC/C=C\CCCCCCCCCCCCCCCCCCC(O)C(=O)NC(CO)C(O)C(O)CCC/C=C/CC/C=C/CC/C=C/CCCCCCCCCCCCCC. The molecule has 0 aromatic heterocycles. The first kappa shape index (κ1) is 71.3. The van der Waals surface area contributed by atoms with Gasteiger partial charge in [-0.3, -0.25) is 4.79 Å². The lowest BCUT2D eigenvalue weighted by molar-refractivity contribution is -0.132. The quantitative estimate of drug-likeness (QED) is 0.0308. The molecule has 0 aliphatic heterocycles. The minimum absolute atomic E-state index is 0.360. The maximum absolute atomic E-state index is 12.6. The van der Waals surface area contributed by atoms with E-state index in [2.05, 4.69) is 67.8 Å². The fourth-order valence-electron chi connectivity index (χ4n) is 10.1. The van der Waals surface area contributed by atoms with E-state index in [9.17, 15) is 25.2 Å². The van der Waals surface area contributed by atoms with Crippen molar-refractivity contribution in [3.8, 4) is 0 Å². The number of aliphatic hydroxyl groups is 4. The Bertz CT molecular complexity index is 1200. The Morgan fingerprint density at radius 1 is 0.329 bits per heavy atom. The molecule has 0 saturated carbocycles. The van der Waals surface area contributed by atoms with Gasteiger partial charge in [0, 0.05) is 0 Å². The van der Waals surface area contributed by atoms with Gasteiger partial charge in [-0.15, -0.1) is 0 Å². The third-order valence-corrected chi connectivity index (χ3v) is 15.2. The first-order chi connectivity index (χ1) is 36.0. The number of amides is 1. The Kier molecular flexibility index (Phi) is 59.7. The molecule has 73 heavy (non-hydrogen) atoms. The van der Waals surface area contributed by atoms with Gasteiger partial charge in [0.05, 0.1) is 18.8 Å². The van der Waals surface area contributed by atoms with Crippen LogP contribution in [0.4, 0.5) is 0 Å². The van der Waals surface area contributed by atoms with E-state index in [1.54, 1.807) is 0 Å². The zero-order chi connectivity index (χ0) is 53.0. The zero-order valence-corrected chi connectivity index (χ0v) is 48.9. The van der Waals surface area contributed by atoms with E-state index >= 15 is 0 Å². The van der Waals surface area contributed by atoms with Crippen molar-refractivity contribution in [2.45, 2.75) is 366 Å². The molecular formula is C67H127NO5. The first-order valence-corrected chi connectivity index (χ1v) is 32.5. The lowest BCUT2D eigenvalue weighted by atomic mass is 10.00. The highest BCUT2D eigenvalue weighted by atomic mass is 16.3. The van der Waals surface area contributed by atoms with Crippen LogP contribution in [0.2, 0.25) is 0 Å². The van der Waals surface area contributed by atoms with E-state index in [0.717, 1.165) is 51.4 Å². The van der Waals surface area contributed by atoms with Crippen LogP contribution in [-0.2, 0) is 4.79 Å². The molecule has 4 unspecified atom stereocenters. The molecule has 0 rings (SSSR count). The van der Waals surface area contributed by atoms with Crippen LogP contribution in [0, 0.1) is 0 Å². The van der Waals surface area contributed by atoms with Gasteiger partial charge in [0.15, 0.2) is 0 Å². The van der Waals surface area contributed by atoms with Crippen molar-refractivity contribution in [1.82, 2.24) is 5.32 Å². The molecule has 0 saturated heterocycles. The predicted molar refractivity (Wildman–Crippen MR) is 320 cm³/mol. The van der Waals surface area contributed by atoms with Crippen LogP contribution in [0.3, 0.4) is 0 Å². The summed E-state index contributed by atoms with van der Waals surface area (Å²) < 4.78 is 0. The van der Waals surface area contributed by atoms with Crippen LogP contribution in [0.25, 0.3) is 0 Å². The number of hydrogen-bond acceptors (Lipinski definition) is 5. The van der Waals surface area contributed by atoms with Crippen LogP contribution >= 0.6 is 0 Å². The molecule has 5 N–H and O–H groups in total. The third-order valence-electron chi connectivity index (χ3n) is 15.2. The molecule has 0 aliphatic rings. The number of rotatable bonds is 60. The molecule has 0 spiro atoms. The molecule has 1 amide bonds. The summed E-state index contributed by atoms with van der Waals surface area (Å²) >= 11 is 0. The van der Waals surface area contributed by atoms with Crippen LogP contribution in [0.15, 0.2) is 48.6 Å². The summed E-state index contributed by atoms with van der Waals surface area (Å²) in [6.07, 6.45) is 79.3. The van der Waals surface area contributed by atoms with E-state index in [0.29, 0.717) is 19.3 Å². The fourth-order valence-corrected chi connectivity index (χ4v) is 10.1. The molecular weight excluding hydrogens is 899 g/mol. The molecule has 6 heteroatoms. The summed E-state index contributed by atoms with van der Waals surface area (Å²) in [5.41, 5.74) is 0. The van der Waals surface area contributed by atoms with Crippen molar-refractivity contribution in [1.29, 1.82) is 0 Å². The Morgan fingerprint density at radius 3 is 0.863 bits per heavy atom. The second kappa shape index (κ2) is 61.1. The Labute approximate surface area is 455 Å². The van der Waals surface area contributed by atoms with Crippen LogP contribution in [-0.4, -0.2) is 57.3 Å². The van der Waals surface area contributed by atoms with Gasteiger partial charge < -0.3 is 25.7 Å². The largest absolute Gasteiger partial charge is 0.394 e. The average Bonchev–Trinajstić information content (AvgIpc) is 3.40. The predicted octanol–water partition coefficient (Wildman–Crippen LogP) is 19.7. The highest BCUT2D eigenvalue weighted by Crippen LogP contribution is 2.18. The van der Waals surface area contributed by atoms with Gasteiger partial charge >= 0.3 is 0 Å². The van der Waals surface area contributed by atoms with Gasteiger partial charge in [0.1, 0.15) is 12.2 Å². The van der Waals surface area contributed by atoms with Crippen molar-refractivity contribution in [3.63, 3.8) is 0 Å². The molecule has 0 bridgehead atoms. The summed E-state index contributed by atoms with van der Waals surface area (Å²) in [5.74, 6) is -0.595. The minimum Gasteiger partial charge on any atom is -0.394 e. The highest BCUT2D eigenvalue weighted by Gasteiger charge is 2.28. The second-order valence-electron chi connectivity index (χ2n) is 22.4. The van der Waals surface area contributed by atoms with Gasteiger partial charge in [0.25, 0.3) is 0 Å². The number of allylic oxidation sites excluding steroid dienone is 8. The van der Waals surface area contributed by atoms with Crippen molar-refractivity contribution in [2.24, 2.45) is 0 Å². The lowest BCUT2D eigenvalue weighted by Gasteiger charge is -2.27.